The molecule has 0 unspecified atom stereocenters. The first kappa shape index (κ1) is 17.9. The molecule has 0 bridgehead atoms. The minimum atomic E-state index is -0.863. The Morgan fingerprint density at radius 3 is 2.26 bits per heavy atom. The van der Waals surface area contributed by atoms with Gasteiger partial charge >= 0.3 is 5.97 Å². The topological polar surface area (TPSA) is 69.6 Å². The second kappa shape index (κ2) is 8.91. The van der Waals surface area contributed by atoms with Crippen molar-refractivity contribution in [3.05, 3.63) is 0 Å². The van der Waals surface area contributed by atoms with Crippen molar-refractivity contribution in [3.63, 3.8) is 0 Å². The Balaban J connectivity index is 3.95. The van der Waals surface area contributed by atoms with E-state index in [4.69, 9.17) is 5.11 Å². The maximum absolute atomic E-state index is 11.7. The zero-order chi connectivity index (χ0) is 14.9. The van der Waals surface area contributed by atoms with Crippen LogP contribution >= 0.6 is 0 Å². The fourth-order valence-corrected chi connectivity index (χ4v) is 2.07. The van der Waals surface area contributed by atoms with Crippen molar-refractivity contribution in [1.82, 2.24) is 10.2 Å². The molecule has 0 radical (unpaired) electrons. The van der Waals surface area contributed by atoms with Crippen LogP contribution in [0.4, 0.5) is 0 Å². The summed E-state index contributed by atoms with van der Waals surface area (Å²) in [6.45, 7) is 11.3. The molecule has 0 saturated carbocycles. The fraction of sp³-hybridized carbons (Fsp3) is 0.857. The standard InChI is InChI=1S/C14H28N2O3/c1-5-8-16(6-2)9-7-15-12(17)10-14(3,4)11-13(18)19/h5-11H2,1-4H3,(H,15,17)(H,18,19). The first-order valence-corrected chi connectivity index (χ1v) is 7.01. The Bertz CT molecular complexity index is 290. The minimum Gasteiger partial charge on any atom is -0.481 e. The van der Waals surface area contributed by atoms with Crippen molar-refractivity contribution in [2.45, 2.75) is 47.0 Å². The molecule has 0 atom stereocenters. The van der Waals surface area contributed by atoms with Gasteiger partial charge in [0.1, 0.15) is 0 Å². The third kappa shape index (κ3) is 9.47. The summed E-state index contributed by atoms with van der Waals surface area (Å²) in [5.74, 6) is -0.934. The molecule has 0 fully saturated rings. The summed E-state index contributed by atoms with van der Waals surface area (Å²) in [5, 5.41) is 11.6. The van der Waals surface area contributed by atoms with Crippen LogP contribution in [0.25, 0.3) is 0 Å². The van der Waals surface area contributed by atoms with Gasteiger partial charge in [0.2, 0.25) is 5.91 Å². The molecule has 0 rings (SSSR count). The number of carboxylic acid groups (broad SMARTS) is 1. The highest BCUT2D eigenvalue weighted by Crippen LogP contribution is 2.24. The number of carbonyl (C=O) groups excluding carboxylic acids is 1. The van der Waals surface area contributed by atoms with E-state index in [9.17, 15) is 9.59 Å². The minimum absolute atomic E-state index is 0.0112. The molecule has 0 spiro atoms. The number of aliphatic carboxylic acids is 1. The molecule has 5 nitrogen and oxygen atoms in total. The Morgan fingerprint density at radius 2 is 1.79 bits per heavy atom. The number of rotatable bonds is 10. The molecule has 0 aliphatic heterocycles. The molecule has 0 aliphatic carbocycles. The molecule has 1 amide bonds. The highest BCUT2D eigenvalue weighted by atomic mass is 16.4. The lowest BCUT2D eigenvalue weighted by atomic mass is 9.85. The van der Waals surface area contributed by atoms with Gasteiger partial charge in [0.15, 0.2) is 0 Å². The van der Waals surface area contributed by atoms with E-state index in [1.807, 2.05) is 0 Å². The number of hydrogen-bond donors (Lipinski definition) is 2. The quantitative estimate of drug-likeness (QED) is 0.635. The van der Waals surface area contributed by atoms with Crippen LogP contribution in [0.1, 0.15) is 47.0 Å². The van der Waals surface area contributed by atoms with Crippen molar-refractivity contribution in [2.24, 2.45) is 5.41 Å². The molecule has 0 aromatic heterocycles. The van der Waals surface area contributed by atoms with Gasteiger partial charge in [-0.1, -0.05) is 27.7 Å². The predicted molar refractivity (Wildman–Crippen MR) is 76.1 cm³/mol. The molecular weight excluding hydrogens is 244 g/mol. The van der Waals surface area contributed by atoms with Gasteiger partial charge in [-0.25, -0.2) is 0 Å². The predicted octanol–water partition coefficient (Wildman–Crippen LogP) is 1.73. The summed E-state index contributed by atoms with van der Waals surface area (Å²) >= 11 is 0. The lowest BCUT2D eigenvalue weighted by molar-refractivity contribution is -0.139. The molecule has 19 heavy (non-hydrogen) atoms. The van der Waals surface area contributed by atoms with Crippen molar-refractivity contribution >= 4 is 11.9 Å². The second-order valence-electron chi connectivity index (χ2n) is 5.70. The van der Waals surface area contributed by atoms with E-state index in [1.165, 1.54) is 0 Å². The molecule has 2 N–H and O–H groups in total. The van der Waals surface area contributed by atoms with Crippen molar-refractivity contribution < 1.29 is 14.7 Å². The van der Waals surface area contributed by atoms with E-state index in [1.54, 1.807) is 13.8 Å². The number of nitrogens with one attached hydrogen (secondary N) is 1. The maximum atomic E-state index is 11.7. The summed E-state index contributed by atoms with van der Waals surface area (Å²) in [6, 6.07) is 0. The van der Waals surface area contributed by atoms with Crippen LogP contribution in [0.3, 0.4) is 0 Å². The third-order valence-corrected chi connectivity index (χ3v) is 3.01. The molecule has 0 aliphatic rings. The van der Waals surface area contributed by atoms with E-state index in [2.05, 4.69) is 24.1 Å². The first-order chi connectivity index (χ1) is 8.80. The average molecular weight is 272 g/mol. The van der Waals surface area contributed by atoms with Crippen molar-refractivity contribution in [2.75, 3.05) is 26.2 Å². The largest absolute Gasteiger partial charge is 0.481 e. The lowest BCUT2D eigenvalue weighted by Crippen LogP contribution is -2.37. The van der Waals surface area contributed by atoms with Crippen LogP contribution in [-0.4, -0.2) is 48.1 Å². The van der Waals surface area contributed by atoms with Gasteiger partial charge in [-0.3, -0.25) is 9.59 Å². The number of carbonyl (C=O) groups is 2. The summed E-state index contributed by atoms with van der Waals surface area (Å²) in [6.07, 6.45) is 1.37. The molecule has 5 heteroatoms. The molecule has 0 aromatic carbocycles. The fourth-order valence-electron chi connectivity index (χ4n) is 2.07. The maximum Gasteiger partial charge on any atom is 0.303 e. The average Bonchev–Trinajstić information content (AvgIpc) is 2.25. The first-order valence-electron chi connectivity index (χ1n) is 7.01. The van der Waals surface area contributed by atoms with E-state index in [-0.39, 0.29) is 18.7 Å². The lowest BCUT2D eigenvalue weighted by Gasteiger charge is -2.23. The number of nitrogens with zero attached hydrogens (tertiary/aromatic N) is 1. The number of amides is 1. The van der Waals surface area contributed by atoms with E-state index in [0.717, 1.165) is 26.1 Å². The van der Waals surface area contributed by atoms with Crippen molar-refractivity contribution in [3.8, 4) is 0 Å². The number of carboxylic acids is 1. The molecule has 0 heterocycles. The van der Waals surface area contributed by atoms with E-state index in [0.29, 0.717) is 6.54 Å². The second-order valence-corrected chi connectivity index (χ2v) is 5.70. The van der Waals surface area contributed by atoms with Crippen molar-refractivity contribution in [1.29, 1.82) is 0 Å². The zero-order valence-electron chi connectivity index (χ0n) is 12.7. The highest BCUT2D eigenvalue weighted by molar-refractivity contribution is 5.77. The van der Waals surface area contributed by atoms with Gasteiger partial charge in [0.05, 0.1) is 6.42 Å². The monoisotopic (exact) mass is 272 g/mol. The molecule has 0 aromatic rings. The van der Waals surface area contributed by atoms with Gasteiger partial charge < -0.3 is 15.3 Å². The Kier molecular flexibility index (Phi) is 8.39. The van der Waals surface area contributed by atoms with Crippen LogP contribution in [-0.2, 0) is 9.59 Å². The van der Waals surface area contributed by atoms with Gasteiger partial charge in [-0.15, -0.1) is 0 Å². The van der Waals surface area contributed by atoms with Crippen LogP contribution in [0.15, 0.2) is 0 Å². The zero-order valence-corrected chi connectivity index (χ0v) is 12.7. The smallest absolute Gasteiger partial charge is 0.303 e. The van der Waals surface area contributed by atoms with E-state index < -0.39 is 11.4 Å². The Morgan fingerprint density at radius 1 is 1.16 bits per heavy atom. The Labute approximate surface area is 116 Å². The Hall–Kier alpha value is -1.10. The SMILES string of the molecule is CCCN(CC)CCNC(=O)CC(C)(C)CC(=O)O. The summed E-state index contributed by atoms with van der Waals surface area (Å²) in [4.78, 5) is 24.7. The van der Waals surface area contributed by atoms with Gasteiger partial charge in [0.25, 0.3) is 0 Å². The summed E-state index contributed by atoms with van der Waals surface area (Å²) < 4.78 is 0. The van der Waals surface area contributed by atoms with Gasteiger partial charge in [-0.2, -0.15) is 0 Å². The summed E-state index contributed by atoms with van der Waals surface area (Å²) in [7, 11) is 0. The third-order valence-electron chi connectivity index (χ3n) is 3.01. The van der Waals surface area contributed by atoms with Crippen LogP contribution in [0.2, 0.25) is 0 Å². The van der Waals surface area contributed by atoms with Gasteiger partial charge in [-0.05, 0) is 24.9 Å². The van der Waals surface area contributed by atoms with Crippen LogP contribution in [0.5, 0.6) is 0 Å². The highest BCUT2D eigenvalue weighted by Gasteiger charge is 2.24. The molecule has 0 saturated heterocycles. The number of likely N-dealkylation sites (N-methyl/N-ethyl adjacent to an activating group) is 1. The van der Waals surface area contributed by atoms with Crippen LogP contribution in [0, 0.1) is 5.41 Å². The normalized spacial score (nSPS) is 11.6. The summed E-state index contributed by atoms with van der Waals surface area (Å²) in [5.41, 5.74) is -0.496. The molecular formula is C14H28N2O3. The van der Waals surface area contributed by atoms with Gasteiger partial charge in [0, 0.05) is 19.5 Å². The number of hydrogen-bond acceptors (Lipinski definition) is 3. The van der Waals surface area contributed by atoms with E-state index >= 15 is 0 Å². The van der Waals surface area contributed by atoms with Crippen LogP contribution < -0.4 is 5.32 Å². The molecule has 112 valence electrons.